The lowest BCUT2D eigenvalue weighted by atomic mass is 9.90. The number of hydrogen-bond donors (Lipinski definition) is 1. The average Bonchev–Trinajstić information content (AvgIpc) is 2.64. The van der Waals surface area contributed by atoms with Gasteiger partial charge in [0, 0.05) is 0 Å². The standard InChI is InChI=1S/C8H15N/c9-5-6-1-2-7-4-8(7)3-6/h6-8H,1-5,9H2/t6-,7-,8-/m1/s1. The first-order valence-corrected chi connectivity index (χ1v) is 4.10. The molecule has 0 radical (unpaired) electrons. The van der Waals surface area contributed by atoms with E-state index in [0.717, 1.165) is 24.3 Å². The molecule has 0 unspecified atom stereocenters. The molecule has 0 aliphatic heterocycles. The number of rotatable bonds is 1. The minimum absolute atomic E-state index is 0.883. The van der Waals surface area contributed by atoms with Gasteiger partial charge in [0.05, 0.1) is 0 Å². The summed E-state index contributed by atoms with van der Waals surface area (Å²) in [5.41, 5.74) is 5.58. The van der Waals surface area contributed by atoms with Crippen LogP contribution in [0, 0.1) is 17.8 Å². The van der Waals surface area contributed by atoms with E-state index in [9.17, 15) is 0 Å². The van der Waals surface area contributed by atoms with Gasteiger partial charge in [-0.25, -0.2) is 0 Å². The van der Waals surface area contributed by atoms with Gasteiger partial charge in [0.25, 0.3) is 0 Å². The fourth-order valence-corrected chi connectivity index (χ4v) is 2.16. The van der Waals surface area contributed by atoms with E-state index in [4.69, 9.17) is 5.73 Å². The third kappa shape index (κ3) is 0.983. The Morgan fingerprint density at radius 1 is 1.11 bits per heavy atom. The molecule has 0 aromatic heterocycles. The second-order valence-electron chi connectivity index (χ2n) is 3.67. The van der Waals surface area contributed by atoms with Crippen LogP contribution in [0.5, 0.6) is 0 Å². The van der Waals surface area contributed by atoms with Crippen molar-refractivity contribution in [1.29, 1.82) is 0 Å². The molecule has 3 atom stereocenters. The molecule has 52 valence electrons. The summed E-state index contributed by atoms with van der Waals surface area (Å²) in [5, 5.41) is 0. The second-order valence-corrected chi connectivity index (χ2v) is 3.67. The largest absolute Gasteiger partial charge is 0.330 e. The van der Waals surface area contributed by atoms with Gasteiger partial charge in [-0.2, -0.15) is 0 Å². The van der Waals surface area contributed by atoms with E-state index in [2.05, 4.69) is 0 Å². The Kier molecular flexibility index (Phi) is 1.26. The first-order chi connectivity index (χ1) is 4.40. The normalized spacial score (nSPS) is 48.3. The highest BCUT2D eigenvalue weighted by Crippen LogP contribution is 2.50. The summed E-state index contributed by atoms with van der Waals surface area (Å²) in [4.78, 5) is 0. The first kappa shape index (κ1) is 5.72. The molecule has 1 heteroatoms. The Bertz CT molecular complexity index is 111. The van der Waals surface area contributed by atoms with Gasteiger partial charge in [0.15, 0.2) is 0 Å². The quantitative estimate of drug-likeness (QED) is 0.563. The molecule has 0 saturated heterocycles. The van der Waals surface area contributed by atoms with Crippen molar-refractivity contribution in [1.82, 2.24) is 0 Å². The van der Waals surface area contributed by atoms with Crippen molar-refractivity contribution in [2.75, 3.05) is 6.54 Å². The van der Waals surface area contributed by atoms with Crippen LogP contribution in [-0.4, -0.2) is 6.54 Å². The highest BCUT2D eigenvalue weighted by atomic mass is 14.6. The summed E-state index contributed by atoms with van der Waals surface area (Å²) in [5.74, 6) is 3.12. The lowest BCUT2D eigenvalue weighted by Crippen LogP contribution is -2.18. The summed E-state index contributed by atoms with van der Waals surface area (Å²) in [7, 11) is 0. The number of nitrogens with two attached hydrogens (primary N) is 1. The third-order valence-corrected chi connectivity index (χ3v) is 2.98. The van der Waals surface area contributed by atoms with Gasteiger partial charge in [0.1, 0.15) is 0 Å². The van der Waals surface area contributed by atoms with E-state index in [0.29, 0.717) is 0 Å². The molecule has 0 aromatic carbocycles. The van der Waals surface area contributed by atoms with Crippen molar-refractivity contribution >= 4 is 0 Å². The van der Waals surface area contributed by atoms with Gasteiger partial charge in [-0.3, -0.25) is 0 Å². The predicted octanol–water partition coefficient (Wildman–Crippen LogP) is 1.38. The van der Waals surface area contributed by atoms with Crippen molar-refractivity contribution in [2.24, 2.45) is 23.5 Å². The monoisotopic (exact) mass is 125 g/mol. The Morgan fingerprint density at radius 3 is 2.67 bits per heavy atom. The van der Waals surface area contributed by atoms with Crippen LogP contribution in [0.2, 0.25) is 0 Å². The van der Waals surface area contributed by atoms with Gasteiger partial charge in [-0.1, -0.05) is 0 Å². The van der Waals surface area contributed by atoms with Crippen LogP contribution < -0.4 is 5.73 Å². The van der Waals surface area contributed by atoms with Crippen molar-refractivity contribution < 1.29 is 0 Å². The van der Waals surface area contributed by atoms with Crippen molar-refractivity contribution in [3.8, 4) is 0 Å². The Labute approximate surface area is 56.6 Å². The molecular formula is C8H15N. The maximum Gasteiger partial charge on any atom is -0.00488 e. The summed E-state index contributed by atoms with van der Waals surface area (Å²) in [6.45, 7) is 0.934. The first-order valence-electron chi connectivity index (χ1n) is 4.10. The molecule has 2 saturated carbocycles. The van der Waals surface area contributed by atoms with Crippen LogP contribution >= 0.6 is 0 Å². The van der Waals surface area contributed by atoms with Gasteiger partial charge in [-0.05, 0) is 50.0 Å². The minimum atomic E-state index is 0.883. The molecule has 1 nitrogen and oxygen atoms in total. The zero-order chi connectivity index (χ0) is 6.27. The summed E-state index contributed by atoms with van der Waals surface area (Å²) in [6, 6.07) is 0. The second kappa shape index (κ2) is 1.98. The summed E-state index contributed by atoms with van der Waals surface area (Å²) in [6.07, 6.45) is 5.86. The fourth-order valence-electron chi connectivity index (χ4n) is 2.16. The van der Waals surface area contributed by atoms with Crippen LogP contribution in [0.25, 0.3) is 0 Å². The molecular weight excluding hydrogens is 110 g/mol. The predicted molar refractivity (Wildman–Crippen MR) is 38.0 cm³/mol. The molecule has 0 bridgehead atoms. The topological polar surface area (TPSA) is 26.0 Å². The Morgan fingerprint density at radius 2 is 2.00 bits per heavy atom. The van der Waals surface area contributed by atoms with E-state index in [1.165, 1.54) is 25.7 Å². The van der Waals surface area contributed by atoms with Crippen LogP contribution in [0.15, 0.2) is 0 Å². The van der Waals surface area contributed by atoms with E-state index >= 15 is 0 Å². The molecule has 0 aromatic rings. The lowest BCUT2D eigenvalue weighted by Gasteiger charge is -2.18. The molecule has 2 rings (SSSR count). The minimum Gasteiger partial charge on any atom is -0.330 e. The third-order valence-electron chi connectivity index (χ3n) is 2.98. The van der Waals surface area contributed by atoms with Crippen LogP contribution in [0.3, 0.4) is 0 Å². The van der Waals surface area contributed by atoms with Crippen LogP contribution in [-0.2, 0) is 0 Å². The average molecular weight is 125 g/mol. The van der Waals surface area contributed by atoms with Crippen LogP contribution in [0.1, 0.15) is 25.7 Å². The molecule has 2 aliphatic carbocycles. The maximum absolute atomic E-state index is 5.58. The zero-order valence-corrected chi connectivity index (χ0v) is 5.84. The summed E-state index contributed by atoms with van der Waals surface area (Å²) < 4.78 is 0. The van der Waals surface area contributed by atoms with E-state index < -0.39 is 0 Å². The van der Waals surface area contributed by atoms with Crippen molar-refractivity contribution in [2.45, 2.75) is 25.7 Å². The Balaban J connectivity index is 1.86. The molecule has 2 aliphatic rings. The fraction of sp³-hybridized carbons (Fsp3) is 1.00. The molecule has 9 heavy (non-hydrogen) atoms. The highest BCUT2D eigenvalue weighted by molar-refractivity contribution is 4.92. The zero-order valence-electron chi connectivity index (χ0n) is 5.84. The lowest BCUT2D eigenvalue weighted by molar-refractivity contribution is 0.351. The van der Waals surface area contributed by atoms with E-state index in [1.54, 1.807) is 0 Å². The van der Waals surface area contributed by atoms with Crippen LogP contribution in [0.4, 0.5) is 0 Å². The SMILES string of the molecule is NC[C@@H]1CC[C@@H]2C[C@H]2C1. The Hall–Kier alpha value is -0.0400. The van der Waals surface area contributed by atoms with Gasteiger partial charge in [0.2, 0.25) is 0 Å². The van der Waals surface area contributed by atoms with Gasteiger partial charge in [-0.15, -0.1) is 0 Å². The molecule has 2 fully saturated rings. The molecule has 2 N–H and O–H groups in total. The van der Waals surface area contributed by atoms with Crippen molar-refractivity contribution in [3.63, 3.8) is 0 Å². The maximum atomic E-state index is 5.58. The summed E-state index contributed by atoms with van der Waals surface area (Å²) >= 11 is 0. The van der Waals surface area contributed by atoms with E-state index in [1.807, 2.05) is 0 Å². The number of hydrogen-bond acceptors (Lipinski definition) is 1. The number of fused-ring (bicyclic) bond motifs is 1. The van der Waals surface area contributed by atoms with E-state index in [-0.39, 0.29) is 0 Å². The molecule has 0 amide bonds. The molecule has 0 heterocycles. The smallest absolute Gasteiger partial charge is 0.00488 e. The highest BCUT2D eigenvalue weighted by Gasteiger charge is 2.41. The molecule has 0 spiro atoms. The van der Waals surface area contributed by atoms with Gasteiger partial charge < -0.3 is 5.73 Å². The van der Waals surface area contributed by atoms with Crippen molar-refractivity contribution in [3.05, 3.63) is 0 Å². The van der Waals surface area contributed by atoms with Gasteiger partial charge >= 0.3 is 0 Å².